The summed E-state index contributed by atoms with van der Waals surface area (Å²) >= 11 is 0. The molecule has 1 heterocycles. The minimum absolute atomic E-state index is 0. The molecule has 2 aliphatic rings. The lowest BCUT2D eigenvalue weighted by molar-refractivity contribution is -0.121. The van der Waals surface area contributed by atoms with E-state index in [-0.39, 0.29) is 30.7 Å². The molecule has 0 aromatic carbocycles. The average molecular weight is 298 g/mol. The molecule has 0 aromatic rings. The van der Waals surface area contributed by atoms with Gasteiger partial charge in [0.05, 0.1) is 0 Å². The Morgan fingerprint density at radius 1 is 1.33 bits per heavy atom. The van der Waals surface area contributed by atoms with Crippen molar-refractivity contribution in [1.82, 2.24) is 10.2 Å². The van der Waals surface area contributed by atoms with Crippen LogP contribution in [0.5, 0.6) is 0 Å². The van der Waals surface area contributed by atoms with Crippen LogP contribution < -0.4 is 11.1 Å². The van der Waals surface area contributed by atoms with Gasteiger partial charge in [-0.15, -0.1) is 24.8 Å². The first-order valence-electron chi connectivity index (χ1n) is 6.45. The first-order chi connectivity index (χ1) is 7.70. The highest BCUT2D eigenvalue weighted by Crippen LogP contribution is 2.40. The topological polar surface area (TPSA) is 58.4 Å². The summed E-state index contributed by atoms with van der Waals surface area (Å²) in [5, 5.41) is 2.83. The highest BCUT2D eigenvalue weighted by molar-refractivity contribution is 5.85. The Balaban J connectivity index is 0.00000144. The van der Waals surface area contributed by atoms with E-state index in [0.717, 1.165) is 32.1 Å². The van der Waals surface area contributed by atoms with E-state index in [1.54, 1.807) is 0 Å². The van der Waals surface area contributed by atoms with Crippen molar-refractivity contribution in [3.05, 3.63) is 0 Å². The molecule has 0 bridgehead atoms. The molecule has 108 valence electrons. The molecule has 18 heavy (non-hydrogen) atoms. The zero-order valence-electron chi connectivity index (χ0n) is 10.9. The molecule has 0 radical (unpaired) electrons. The van der Waals surface area contributed by atoms with Gasteiger partial charge in [0.25, 0.3) is 0 Å². The first kappa shape index (κ1) is 18.0. The summed E-state index contributed by atoms with van der Waals surface area (Å²) in [4.78, 5) is 13.7. The Hall–Kier alpha value is -0.0300. The molecule has 1 aliphatic heterocycles. The molecule has 0 aromatic heterocycles. The smallest absolute Gasteiger partial charge is 0.221 e. The Labute approximate surface area is 122 Å². The molecule has 1 saturated carbocycles. The van der Waals surface area contributed by atoms with Crippen LogP contribution in [-0.2, 0) is 4.79 Å². The van der Waals surface area contributed by atoms with E-state index in [9.17, 15) is 4.79 Å². The van der Waals surface area contributed by atoms with Crippen LogP contribution in [0.25, 0.3) is 0 Å². The summed E-state index contributed by atoms with van der Waals surface area (Å²) in [6.07, 6.45) is 3.34. The van der Waals surface area contributed by atoms with Crippen LogP contribution >= 0.6 is 24.8 Å². The number of nitrogens with one attached hydrogen (secondary N) is 1. The molecule has 2 fully saturated rings. The second-order valence-electron chi connectivity index (χ2n) is 5.13. The molecule has 0 unspecified atom stereocenters. The monoisotopic (exact) mass is 297 g/mol. The molecule has 2 rings (SSSR count). The summed E-state index contributed by atoms with van der Waals surface area (Å²) in [6.45, 7) is 5.62. The lowest BCUT2D eigenvalue weighted by Crippen LogP contribution is -2.32. The molecular weight excluding hydrogens is 273 g/mol. The van der Waals surface area contributed by atoms with Gasteiger partial charge in [0, 0.05) is 38.6 Å². The summed E-state index contributed by atoms with van der Waals surface area (Å²) in [5.41, 5.74) is 6.13. The van der Waals surface area contributed by atoms with E-state index < -0.39 is 0 Å². The van der Waals surface area contributed by atoms with Crippen molar-refractivity contribution in [2.45, 2.75) is 32.2 Å². The summed E-state index contributed by atoms with van der Waals surface area (Å²) in [6, 6.07) is 0.335. The zero-order valence-corrected chi connectivity index (χ0v) is 12.6. The van der Waals surface area contributed by atoms with Crippen LogP contribution in [0.1, 0.15) is 26.2 Å². The predicted octanol–water partition coefficient (Wildman–Crippen LogP) is 1.03. The second kappa shape index (κ2) is 8.20. The largest absolute Gasteiger partial charge is 0.356 e. The van der Waals surface area contributed by atoms with Crippen molar-refractivity contribution in [2.75, 3.05) is 26.2 Å². The molecule has 1 amide bonds. The Morgan fingerprint density at radius 2 is 2.00 bits per heavy atom. The number of hydrogen-bond donors (Lipinski definition) is 2. The van der Waals surface area contributed by atoms with Gasteiger partial charge in [0.1, 0.15) is 0 Å². The van der Waals surface area contributed by atoms with Gasteiger partial charge in [-0.3, -0.25) is 4.79 Å². The van der Waals surface area contributed by atoms with Crippen LogP contribution in [0.2, 0.25) is 0 Å². The fourth-order valence-corrected chi connectivity index (χ4v) is 2.69. The zero-order chi connectivity index (χ0) is 11.5. The molecule has 1 aliphatic carbocycles. The minimum atomic E-state index is 0. The van der Waals surface area contributed by atoms with Crippen molar-refractivity contribution in [2.24, 2.45) is 17.6 Å². The van der Waals surface area contributed by atoms with Gasteiger partial charge in [-0.25, -0.2) is 0 Å². The number of nitrogens with zero attached hydrogens (tertiary/aromatic N) is 1. The third-order valence-electron chi connectivity index (χ3n) is 3.74. The molecular formula is C12H25Cl2N3O. The maximum absolute atomic E-state index is 11.3. The molecule has 0 spiro atoms. The van der Waals surface area contributed by atoms with Crippen LogP contribution in [0.15, 0.2) is 0 Å². The van der Waals surface area contributed by atoms with Crippen molar-refractivity contribution in [3.63, 3.8) is 0 Å². The van der Waals surface area contributed by atoms with Crippen LogP contribution in [0.3, 0.4) is 0 Å². The lowest BCUT2D eigenvalue weighted by Gasteiger charge is -2.14. The van der Waals surface area contributed by atoms with Crippen LogP contribution in [0, 0.1) is 11.8 Å². The van der Waals surface area contributed by atoms with Gasteiger partial charge in [0.2, 0.25) is 5.91 Å². The summed E-state index contributed by atoms with van der Waals surface area (Å²) in [7, 11) is 0. The molecule has 2 atom stereocenters. The normalized spacial score (nSPS) is 27.2. The van der Waals surface area contributed by atoms with Gasteiger partial charge in [-0.1, -0.05) is 0 Å². The number of likely N-dealkylation sites (tertiary alicyclic amines) is 1. The molecule has 6 heteroatoms. The van der Waals surface area contributed by atoms with E-state index in [1.165, 1.54) is 12.8 Å². The Bertz CT molecular complexity index is 262. The van der Waals surface area contributed by atoms with Crippen molar-refractivity contribution in [1.29, 1.82) is 0 Å². The van der Waals surface area contributed by atoms with E-state index in [2.05, 4.69) is 10.2 Å². The number of rotatable bonds is 5. The fourth-order valence-electron chi connectivity index (χ4n) is 2.69. The second-order valence-corrected chi connectivity index (χ2v) is 5.13. The van der Waals surface area contributed by atoms with Crippen LogP contribution in [0.4, 0.5) is 0 Å². The predicted molar refractivity (Wildman–Crippen MR) is 78.4 cm³/mol. The van der Waals surface area contributed by atoms with Crippen LogP contribution in [-0.4, -0.2) is 43.0 Å². The van der Waals surface area contributed by atoms with Gasteiger partial charge in [-0.2, -0.15) is 0 Å². The molecule has 4 nitrogen and oxygen atoms in total. The van der Waals surface area contributed by atoms with Crippen molar-refractivity contribution < 1.29 is 4.79 Å². The maximum atomic E-state index is 11.3. The van der Waals surface area contributed by atoms with Gasteiger partial charge >= 0.3 is 0 Å². The quantitative estimate of drug-likeness (QED) is 0.797. The average Bonchev–Trinajstić information content (AvgIpc) is 3.01. The number of nitrogens with two attached hydrogens (primary N) is 1. The lowest BCUT2D eigenvalue weighted by atomic mass is 9.99. The van der Waals surface area contributed by atoms with Crippen molar-refractivity contribution >= 4 is 30.7 Å². The number of halogens is 2. The number of amides is 1. The van der Waals surface area contributed by atoms with Crippen molar-refractivity contribution in [3.8, 4) is 0 Å². The highest BCUT2D eigenvalue weighted by Gasteiger charge is 2.40. The number of hydrogen-bond acceptors (Lipinski definition) is 3. The maximum Gasteiger partial charge on any atom is 0.221 e. The SMILES string of the molecule is CCNC(=O)CCN1C[C@H](C2CC2)[C@@H](N)C1.Cl.Cl. The van der Waals surface area contributed by atoms with Gasteiger partial charge in [0.15, 0.2) is 0 Å². The fraction of sp³-hybridized carbons (Fsp3) is 0.917. The third kappa shape index (κ3) is 4.92. The Kier molecular flexibility index (Phi) is 8.19. The number of carbonyl (C=O) groups excluding carboxylic acids is 1. The molecule has 3 N–H and O–H groups in total. The summed E-state index contributed by atoms with van der Waals surface area (Å²) < 4.78 is 0. The van der Waals surface area contributed by atoms with Gasteiger partial charge < -0.3 is 16.0 Å². The van der Waals surface area contributed by atoms with Gasteiger partial charge in [-0.05, 0) is 31.6 Å². The third-order valence-corrected chi connectivity index (χ3v) is 3.74. The van der Waals surface area contributed by atoms with E-state index in [1.807, 2.05) is 6.92 Å². The van der Waals surface area contributed by atoms with E-state index in [0.29, 0.717) is 18.4 Å². The highest BCUT2D eigenvalue weighted by atomic mass is 35.5. The Morgan fingerprint density at radius 3 is 2.56 bits per heavy atom. The van der Waals surface area contributed by atoms with E-state index in [4.69, 9.17) is 5.73 Å². The minimum Gasteiger partial charge on any atom is -0.356 e. The molecule has 1 saturated heterocycles. The first-order valence-corrected chi connectivity index (χ1v) is 6.45. The summed E-state index contributed by atoms with van der Waals surface area (Å²) in [5.74, 6) is 1.73. The number of carbonyl (C=O) groups is 1. The van der Waals surface area contributed by atoms with E-state index >= 15 is 0 Å². The standard InChI is InChI=1S/C12H23N3O.2ClH/c1-2-14-12(16)5-6-15-7-10(9-3-4-9)11(13)8-15;;/h9-11H,2-8,13H2,1H3,(H,14,16);2*1H/t10-,11+;;/m1../s1.